The highest BCUT2D eigenvalue weighted by Crippen LogP contribution is 2.29. The minimum absolute atomic E-state index is 0.602. The molecule has 94 valence electrons. The number of hydrogen-bond acceptors (Lipinski definition) is 1. The lowest BCUT2D eigenvalue weighted by Crippen LogP contribution is -2.08. The summed E-state index contributed by atoms with van der Waals surface area (Å²) in [5, 5.41) is 0. The summed E-state index contributed by atoms with van der Waals surface area (Å²) >= 11 is 0. The summed E-state index contributed by atoms with van der Waals surface area (Å²) in [5.74, 6) is 0. The van der Waals surface area contributed by atoms with Crippen molar-refractivity contribution in [1.82, 2.24) is 4.90 Å². The van der Waals surface area contributed by atoms with E-state index in [2.05, 4.69) is 0 Å². The lowest BCUT2D eigenvalue weighted by molar-refractivity contribution is -0.137. The second-order valence-corrected chi connectivity index (χ2v) is 4.14. The van der Waals surface area contributed by atoms with Gasteiger partial charge < -0.3 is 4.90 Å². The van der Waals surface area contributed by atoms with Gasteiger partial charge in [0.1, 0.15) is 0 Å². The van der Waals surface area contributed by atoms with E-state index in [1.165, 1.54) is 12.1 Å². The SMILES string of the molecule is CC(=CCc1ccc(C(F)(F)F)cc1)N(C)C. The van der Waals surface area contributed by atoms with E-state index in [1.54, 1.807) is 0 Å². The Labute approximate surface area is 99.6 Å². The van der Waals surface area contributed by atoms with Gasteiger partial charge in [0.25, 0.3) is 0 Å². The molecule has 0 spiro atoms. The van der Waals surface area contributed by atoms with Crippen LogP contribution in [0.1, 0.15) is 18.1 Å². The highest BCUT2D eigenvalue weighted by atomic mass is 19.4. The molecule has 0 atom stereocenters. The minimum Gasteiger partial charge on any atom is -0.381 e. The largest absolute Gasteiger partial charge is 0.416 e. The highest BCUT2D eigenvalue weighted by Gasteiger charge is 2.29. The van der Waals surface area contributed by atoms with E-state index < -0.39 is 11.7 Å². The van der Waals surface area contributed by atoms with Crippen molar-refractivity contribution in [3.63, 3.8) is 0 Å². The Bertz CT molecular complexity index is 388. The van der Waals surface area contributed by atoms with Crippen LogP contribution in [0.5, 0.6) is 0 Å². The predicted octanol–water partition coefficient (Wildman–Crippen LogP) is 3.71. The van der Waals surface area contributed by atoms with Crippen LogP contribution in [-0.4, -0.2) is 19.0 Å². The monoisotopic (exact) mass is 243 g/mol. The summed E-state index contributed by atoms with van der Waals surface area (Å²) in [7, 11) is 3.86. The second kappa shape index (κ2) is 5.25. The first-order valence-electron chi connectivity index (χ1n) is 5.31. The number of benzene rings is 1. The maximum atomic E-state index is 12.3. The zero-order valence-corrected chi connectivity index (χ0v) is 10.2. The van der Waals surface area contributed by atoms with Crippen LogP contribution in [-0.2, 0) is 12.6 Å². The average Bonchev–Trinajstić information content (AvgIpc) is 2.25. The van der Waals surface area contributed by atoms with Crippen LogP contribution < -0.4 is 0 Å². The van der Waals surface area contributed by atoms with Gasteiger partial charge in [-0.3, -0.25) is 0 Å². The lowest BCUT2D eigenvalue weighted by Gasteiger charge is -2.12. The van der Waals surface area contributed by atoms with Gasteiger partial charge in [-0.15, -0.1) is 0 Å². The summed E-state index contributed by atoms with van der Waals surface area (Å²) in [6, 6.07) is 5.27. The molecule has 1 nitrogen and oxygen atoms in total. The zero-order valence-electron chi connectivity index (χ0n) is 10.2. The van der Waals surface area contributed by atoms with Crippen LogP contribution >= 0.6 is 0 Å². The van der Waals surface area contributed by atoms with Crippen molar-refractivity contribution in [3.05, 3.63) is 47.2 Å². The van der Waals surface area contributed by atoms with Gasteiger partial charge in [-0.25, -0.2) is 0 Å². The van der Waals surface area contributed by atoms with Gasteiger partial charge in [0, 0.05) is 19.8 Å². The van der Waals surface area contributed by atoms with Crippen molar-refractivity contribution in [3.8, 4) is 0 Å². The van der Waals surface area contributed by atoms with Crippen molar-refractivity contribution in [1.29, 1.82) is 0 Å². The summed E-state index contributed by atoms with van der Waals surface area (Å²) in [6.45, 7) is 1.96. The minimum atomic E-state index is -4.26. The molecule has 0 heterocycles. The normalized spacial score (nSPS) is 12.7. The number of nitrogens with zero attached hydrogens (tertiary/aromatic N) is 1. The fraction of sp³-hybridized carbons (Fsp3) is 0.385. The van der Waals surface area contributed by atoms with Crippen molar-refractivity contribution in [2.75, 3.05) is 14.1 Å². The predicted molar refractivity (Wildman–Crippen MR) is 62.6 cm³/mol. The molecule has 0 unspecified atom stereocenters. The molecule has 0 aliphatic heterocycles. The molecule has 0 radical (unpaired) electrons. The molecule has 0 fully saturated rings. The maximum absolute atomic E-state index is 12.3. The standard InChI is InChI=1S/C13H16F3N/c1-10(17(2)3)4-5-11-6-8-12(9-7-11)13(14,15)16/h4,6-9H,5H2,1-3H3. The topological polar surface area (TPSA) is 3.24 Å². The fourth-order valence-corrected chi connectivity index (χ4v) is 1.28. The summed E-state index contributed by atoms with van der Waals surface area (Å²) in [4.78, 5) is 1.96. The molecular weight excluding hydrogens is 227 g/mol. The van der Waals surface area contributed by atoms with Crippen LogP contribution in [0.2, 0.25) is 0 Å². The van der Waals surface area contributed by atoms with E-state index in [9.17, 15) is 13.2 Å². The highest BCUT2D eigenvalue weighted by molar-refractivity contribution is 5.26. The van der Waals surface area contributed by atoms with Gasteiger partial charge in [0.05, 0.1) is 5.56 Å². The van der Waals surface area contributed by atoms with Gasteiger partial charge in [-0.2, -0.15) is 13.2 Å². The number of allylic oxidation sites excluding steroid dienone is 2. The van der Waals surface area contributed by atoms with Crippen LogP contribution in [0.15, 0.2) is 36.0 Å². The molecule has 0 aliphatic rings. The molecule has 0 N–H and O–H groups in total. The van der Waals surface area contributed by atoms with E-state index >= 15 is 0 Å². The first kappa shape index (κ1) is 13.6. The van der Waals surface area contributed by atoms with Crippen molar-refractivity contribution >= 4 is 0 Å². The molecular formula is C13H16F3N. The van der Waals surface area contributed by atoms with Gasteiger partial charge >= 0.3 is 6.18 Å². The van der Waals surface area contributed by atoms with Gasteiger partial charge in [0.15, 0.2) is 0 Å². The van der Waals surface area contributed by atoms with E-state index in [0.717, 1.165) is 23.4 Å². The molecule has 1 rings (SSSR count). The van der Waals surface area contributed by atoms with Crippen LogP contribution in [0.4, 0.5) is 13.2 Å². The Morgan fingerprint density at radius 1 is 1.18 bits per heavy atom. The Kier molecular flexibility index (Phi) is 4.21. The third-order valence-electron chi connectivity index (χ3n) is 2.62. The molecule has 1 aromatic carbocycles. The quantitative estimate of drug-likeness (QED) is 0.782. The van der Waals surface area contributed by atoms with E-state index in [4.69, 9.17) is 0 Å². The number of hydrogen-bond donors (Lipinski definition) is 0. The zero-order chi connectivity index (χ0) is 13.1. The Morgan fingerprint density at radius 2 is 1.71 bits per heavy atom. The molecule has 0 bridgehead atoms. The van der Waals surface area contributed by atoms with E-state index in [-0.39, 0.29) is 0 Å². The third kappa shape index (κ3) is 4.13. The summed E-state index contributed by atoms with van der Waals surface area (Å²) in [5.41, 5.74) is 1.36. The molecule has 0 aromatic heterocycles. The van der Waals surface area contributed by atoms with Crippen molar-refractivity contribution in [2.24, 2.45) is 0 Å². The first-order valence-corrected chi connectivity index (χ1v) is 5.31. The molecule has 17 heavy (non-hydrogen) atoms. The smallest absolute Gasteiger partial charge is 0.381 e. The van der Waals surface area contributed by atoms with E-state index in [0.29, 0.717) is 6.42 Å². The van der Waals surface area contributed by atoms with Crippen molar-refractivity contribution in [2.45, 2.75) is 19.5 Å². The first-order chi connectivity index (χ1) is 7.80. The Balaban J connectivity index is 2.73. The Morgan fingerprint density at radius 3 is 2.12 bits per heavy atom. The molecule has 0 amide bonds. The molecule has 0 aliphatic carbocycles. The van der Waals surface area contributed by atoms with Crippen LogP contribution in [0, 0.1) is 0 Å². The molecule has 4 heteroatoms. The summed E-state index contributed by atoms with van der Waals surface area (Å²) in [6.07, 6.45) is -1.63. The molecule has 1 aromatic rings. The van der Waals surface area contributed by atoms with Gasteiger partial charge in [-0.05, 0) is 31.0 Å². The summed E-state index contributed by atoms with van der Waals surface area (Å²) < 4.78 is 37.0. The van der Waals surface area contributed by atoms with Crippen LogP contribution in [0.3, 0.4) is 0 Å². The maximum Gasteiger partial charge on any atom is 0.416 e. The number of alkyl halides is 3. The van der Waals surface area contributed by atoms with E-state index in [1.807, 2.05) is 32.0 Å². The lowest BCUT2D eigenvalue weighted by atomic mass is 10.1. The Hall–Kier alpha value is -1.45. The van der Waals surface area contributed by atoms with Gasteiger partial charge in [-0.1, -0.05) is 18.2 Å². The van der Waals surface area contributed by atoms with Crippen LogP contribution in [0.25, 0.3) is 0 Å². The third-order valence-corrected chi connectivity index (χ3v) is 2.62. The van der Waals surface area contributed by atoms with Crippen molar-refractivity contribution < 1.29 is 13.2 Å². The average molecular weight is 243 g/mol. The second-order valence-electron chi connectivity index (χ2n) is 4.14. The number of rotatable bonds is 3. The molecule has 0 saturated carbocycles. The molecule has 0 saturated heterocycles. The van der Waals surface area contributed by atoms with Gasteiger partial charge in [0.2, 0.25) is 0 Å². The fourth-order valence-electron chi connectivity index (χ4n) is 1.28. The number of halogens is 3.